The van der Waals surface area contributed by atoms with Crippen molar-refractivity contribution in [3.05, 3.63) is 54.1 Å². The van der Waals surface area contributed by atoms with Crippen LogP contribution < -0.4 is 10.1 Å². The lowest BCUT2D eigenvalue weighted by molar-refractivity contribution is -0.0449. The molecule has 0 aliphatic heterocycles. The maximum Gasteiger partial charge on any atom is 0.336 e. The van der Waals surface area contributed by atoms with Gasteiger partial charge in [0.05, 0.1) is 31.1 Å². The van der Waals surface area contributed by atoms with Crippen LogP contribution in [0.25, 0.3) is 17.1 Å². The molecule has 0 saturated heterocycles. The van der Waals surface area contributed by atoms with Crippen molar-refractivity contribution in [3.8, 4) is 23.1 Å². The van der Waals surface area contributed by atoms with E-state index in [1.165, 1.54) is 0 Å². The van der Waals surface area contributed by atoms with Crippen molar-refractivity contribution in [3.63, 3.8) is 0 Å². The Morgan fingerprint density at radius 1 is 1.10 bits per heavy atom. The van der Waals surface area contributed by atoms with Gasteiger partial charge in [0, 0.05) is 17.8 Å². The van der Waals surface area contributed by atoms with Crippen LogP contribution in [0.15, 0.2) is 48.5 Å². The summed E-state index contributed by atoms with van der Waals surface area (Å²) in [6.07, 6.45) is -0.587. The number of aliphatic hydroxyl groups is 1. The van der Waals surface area contributed by atoms with E-state index in [0.29, 0.717) is 12.6 Å². The Balaban J connectivity index is 1.74. The summed E-state index contributed by atoms with van der Waals surface area (Å²) in [5.41, 5.74) is 3.61. The third-order valence-electron chi connectivity index (χ3n) is 4.52. The summed E-state index contributed by atoms with van der Waals surface area (Å²) < 4.78 is 12.6. The lowest BCUT2D eigenvalue weighted by atomic mass is 10.1. The molecule has 0 spiro atoms. The molecule has 160 valence electrons. The smallest absolute Gasteiger partial charge is 0.336 e. The molecule has 1 aromatic heterocycles. The molecule has 0 aliphatic carbocycles. The van der Waals surface area contributed by atoms with Gasteiger partial charge in [0.2, 0.25) is 0 Å². The number of rotatable bonds is 8. The predicted octanol–water partition coefficient (Wildman–Crippen LogP) is 3.84. The van der Waals surface area contributed by atoms with Crippen molar-refractivity contribution in [1.29, 1.82) is 0 Å². The average molecular weight is 411 g/mol. The van der Waals surface area contributed by atoms with E-state index in [9.17, 15) is 5.11 Å². The normalized spacial score (nSPS) is 12.6. The van der Waals surface area contributed by atoms with Crippen LogP contribution in [-0.4, -0.2) is 51.8 Å². The lowest BCUT2D eigenvalue weighted by Crippen LogP contribution is -2.30. The summed E-state index contributed by atoms with van der Waals surface area (Å²) in [4.78, 5) is 4.53. The first-order valence-electron chi connectivity index (χ1n) is 10.0. The minimum Gasteiger partial charge on any atom is -0.466 e. The number of aryl methyl sites for hydroxylation is 1. The fraction of sp³-hybridized carbons (Fsp3) is 0.391. The van der Waals surface area contributed by atoms with E-state index < -0.39 is 6.10 Å². The summed E-state index contributed by atoms with van der Waals surface area (Å²) in [6, 6.07) is 16.2. The highest BCUT2D eigenvalue weighted by molar-refractivity contribution is 5.63. The molecule has 0 bridgehead atoms. The maximum atomic E-state index is 10.1. The zero-order chi connectivity index (χ0) is 21.7. The third kappa shape index (κ3) is 5.58. The molecule has 3 aromatic rings. The van der Waals surface area contributed by atoms with E-state index >= 15 is 0 Å². The fourth-order valence-corrected chi connectivity index (χ4v) is 2.92. The van der Waals surface area contributed by atoms with Gasteiger partial charge in [-0.05, 0) is 57.5 Å². The second kappa shape index (κ2) is 9.28. The number of methoxy groups -OCH3 is 1. The molecule has 0 amide bonds. The topological polar surface area (TPSA) is 81.4 Å². The predicted molar refractivity (Wildman–Crippen MR) is 118 cm³/mol. The van der Waals surface area contributed by atoms with E-state index in [1.807, 2.05) is 76.2 Å². The van der Waals surface area contributed by atoms with Crippen LogP contribution in [0.1, 0.15) is 26.3 Å². The summed E-state index contributed by atoms with van der Waals surface area (Å²) >= 11 is 0. The number of nitrogens with one attached hydrogen (secondary N) is 1. The van der Waals surface area contributed by atoms with Crippen molar-refractivity contribution in [2.75, 3.05) is 25.6 Å². The van der Waals surface area contributed by atoms with Crippen molar-refractivity contribution in [1.82, 2.24) is 14.8 Å². The van der Waals surface area contributed by atoms with Crippen molar-refractivity contribution in [2.24, 2.45) is 0 Å². The first-order chi connectivity index (χ1) is 14.3. The van der Waals surface area contributed by atoms with Crippen molar-refractivity contribution >= 4 is 5.69 Å². The highest BCUT2D eigenvalue weighted by Gasteiger charge is 2.16. The number of aromatic nitrogens is 3. The molecule has 7 heteroatoms. The van der Waals surface area contributed by atoms with Crippen LogP contribution in [0.2, 0.25) is 0 Å². The lowest BCUT2D eigenvalue weighted by Gasteiger charge is -2.22. The molecule has 2 N–H and O–H groups in total. The minimum atomic E-state index is -0.587. The Hall–Kier alpha value is -2.90. The van der Waals surface area contributed by atoms with Gasteiger partial charge in [0.1, 0.15) is 0 Å². The Labute approximate surface area is 177 Å². The largest absolute Gasteiger partial charge is 0.466 e. The molecular weight excluding hydrogens is 380 g/mol. The Morgan fingerprint density at radius 3 is 2.43 bits per heavy atom. The summed E-state index contributed by atoms with van der Waals surface area (Å²) in [5, 5.41) is 17.8. The summed E-state index contributed by atoms with van der Waals surface area (Å²) in [7, 11) is 1.56. The van der Waals surface area contributed by atoms with Crippen LogP contribution in [0.3, 0.4) is 0 Å². The van der Waals surface area contributed by atoms with Crippen molar-refractivity contribution < 1.29 is 14.6 Å². The average Bonchev–Trinajstić information content (AvgIpc) is 3.15. The van der Waals surface area contributed by atoms with Gasteiger partial charge in [-0.15, -0.1) is 5.10 Å². The van der Waals surface area contributed by atoms with Crippen LogP contribution >= 0.6 is 0 Å². The highest BCUT2D eigenvalue weighted by atomic mass is 16.5. The molecule has 3 rings (SSSR count). The Bertz CT molecular complexity index is 961. The van der Waals surface area contributed by atoms with E-state index in [1.54, 1.807) is 11.8 Å². The van der Waals surface area contributed by atoms with Gasteiger partial charge in [0.25, 0.3) is 0 Å². The molecule has 0 aliphatic rings. The van der Waals surface area contributed by atoms with E-state index in [-0.39, 0.29) is 12.2 Å². The van der Waals surface area contributed by atoms with Gasteiger partial charge in [-0.3, -0.25) is 0 Å². The number of nitrogens with zero attached hydrogens (tertiary/aromatic N) is 3. The molecule has 1 unspecified atom stereocenters. The van der Waals surface area contributed by atoms with Crippen molar-refractivity contribution in [2.45, 2.75) is 39.4 Å². The SMILES string of the molecule is COc1nc(-c2ccccc2C)n(-c2ccc(NCC(O)COC(C)(C)C)cc2)n1. The van der Waals surface area contributed by atoms with Crippen LogP contribution in [0.5, 0.6) is 6.01 Å². The van der Waals surface area contributed by atoms with Gasteiger partial charge >= 0.3 is 6.01 Å². The van der Waals surface area contributed by atoms with Crippen LogP contribution in [-0.2, 0) is 4.74 Å². The molecule has 0 saturated carbocycles. The first kappa shape index (κ1) is 21.8. The van der Waals surface area contributed by atoms with E-state index in [4.69, 9.17) is 9.47 Å². The number of aliphatic hydroxyl groups excluding tert-OH is 1. The quantitative estimate of drug-likeness (QED) is 0.587. The standard InChI is InChI=1S/C23H30N4O3/c1-16-8-6-7-9-20(16)21-25-22(29-5)26-27(21)18-12-10-17(11-13-18)24-14-19(28)15-30-23(2,3)4/h6-13,19,24,28H,14-15H2,1-5H3. The zero-order valence-corrected chi connectivity index (χ0v) is 18.2. The Morgan fingerprint density at radius 2 is 1.80 bits per heavy atom. The maximum absolute atomic E-state index is 10.1. The van der Waals surface area contributed by atoms with Crippen LogP contribution in [0, 0.1) is 6.92 Å². The minimum absolute atomic E-state index is 0.268. The number of hydrogen-bond acceptors (Lipinski definition) is 6. The molecule has 7 nitrogen and oxygen atoms in total. The Kier molecular flexibility index (Phi) is 6.74. The first-order valence-corrected chi connectivity index (χ1v) is 10.0. The monoisotopic (exact) mass is 410 g/mol. The van der Waals surface area contributed by atoms with Gasteiger partial charge < -0.3 is 19.9 Å². The molecular formula is C23H30N4O3. The van der Waals surface area contributed by atoms with Gasteiger partial charge in [-0.25, -0.2) is 4.68 Å². The molecule has 2 aromatic carbocycles. The van der Waals surface area contributed by atoms with Gasteiger partial charge in [-0.1, -0.05) is 24.3 Å². The number of ether oxygens (including phenoxy) is 2. The zero-order valence-electron chi connectivity index (χ0n) is 18.2. The molecule has 1 heterocycles. The molecule has 1 atom stereocenters. The molecule has 30 heavy (non-hydrogen) atoms. The number of benzene rings is 2. The highest BCUT2D eigenvalue weighted by Crippen LogP contribution is 2.26. The number of hydrogen-bond donors (Lipinski definition) is 2. The van der Waals surface area contributed by atoms with Gasteiger partial charge in [-0.2, -0.15) is 4.98 Å². The van der Waals surface area contributed by atoms with E-state index in [2.05, 4.69) is 15.4 Å². The van der Waals surface area contributed by atoms with E-state index in [0.717, 1.165) is 28.3 Å². The third-order valence-corrected chi connectivity index (χ3v) is 4.52. The van der Waals surface area contributed by atoms with Crippen LogP contribution in [0.4, 0.5) is 5.69 Å². The number of anilines is 1. The van der Waals surface area contributed by atoms with Gasteiger partial charge in [0.15, 0.2) is 5.82 Å². The fourth-order valence-electron chi connectivity index (χ4n) is 2.92. The second-order valence-corrected chi connectivity index (χ2v) is 8.15. The summed E-state index contributed by atoms with van der Waals surface area (Å²) in [6.45, 7) is 8.64. The second-order valence-electron chi connectivity index (χ2n) is 8.15. The molecule has 0 fully saturated rings. The molecule has 0 radical (unpaired) electrons. The summed E-state index contributed by atoms with van der Waals surface area (Å²) in [5.74, 6) is 0.723.